The van der Waals surface area contributed by atoms with Gasteiger partial charge in [0.05, 0.1) is 30.3 Å². The van der Waals surface area contributed by atoms with E-state index in [1.807, 2.05) is 0 Å². The molecule has 0 spiro atoms. The van der Waals surface area contributed by atoms with Crippen LogP contribution < -0.4 is 9.47 Å². The normalized spacial score (nSPS) is 19.7. The number of carbonyl (C=O) groups is 2. The molecule has 2 heterocycles. The molecule has 1 saturated heterocycles. The Labute approximate surface area is 233 Å². The number of aliphatic hydroxyl groups is 1. The van der Waals surface area contributed by atoms with Crippen molar-refractivity contribution < 1.29 is 42.8 Å². The Morgan fingerprint density at radius 3 is 2.60 bits per heavy atom. The molecule has 3 aromatic carbocycles. The van der Waals surface area contributed by atoms with E-state index in [9.17, 15) is 14.7 Å². The zero-order chi connectivity index (χ0) is 28.6. The molecule has 0 saturated carbocycles. The van der Waals surface area contributed by atoms with Crippen molar-refractivity contribution in [1.82, 2.24) is 4.90 Å². The second kappa shape index (κ2) is 10.9. The molecular weight excluding hydrogens is 548 g/mol. The summed E-state index contributed by atoms with van der Waals surface area (Å²) in [5, 5.41) is 18.7. The summed E-state index contributed by atoms with van der Waals surface area (Å²) in [4.78, 5) is 26.2. The number of hydrogen-bond donors (Lipinski definition) is 2. The average molecular weight is 574 g/mol. The molecule has 40 heavy (non-hydrogen) atoms. The van der Waals surface area contributed by atoms with E-state index in [1.54, 1.807) is 30.3 Å². The second-order valence-electron chi connectivity index (χ2n) is 9.56. The third-order valence-electron chi connectivity index (χ3n) is 7.43. The maximum atomic E-state index is 16.1. The summed E-state index contributed by atoms with van der Waals surface area (Å²) in [6.45, 7) is -0.323. The van der Waals surface area contributed by atoms with Crippen LogP contribution in [0.25, 0.3) is 11.1 Å². The Hall–Kier alpha value is -3.89. The number of carboxylic acid groups (broad SMARTS) is 1. The molecule has 8 nitrogen and oxygen atoms in total. The zero-order valence-electron chi connectivity index (χ0n) is 21.5. The minimum absolute atomic E-state index is 0.0118. The number of ether oxygens (including phenoxy) is 3. The number of rotatable bonds is 7. The minimum atomic E-state index is -1.28. The van der Waals surface area contributed by atoms with Gasteiger partial charge < -0.3 is 29.3 Å². The number of nitrogens with zero attached hydrogens (tertiary/aromatic N) is 1. The van der Waals surface area contributed by atoms with Crippen molar-refractivity contribution in [2.24, 2.45) is 0 Å². The first-order valence-corrected chi connectivity index (χ1v) is 13.0. The van der Waals surface area contributed by atoms with E-state index in [4.69, 9.17) is 30.9 Å². The lowest BCUT2D eigenvalue weighted by atomic mass is 9.79. The Balaban J connectivity index is 1.76. The highest BCUT2D eigenvalue weighted by Crippen LogP contribution is 2.53. The monoisotopic (exact) mass is 573 g/mol. The number of amides is 1. The number of carbonyl (C=O) groups excluding carboxylic acids is 1. The van der Waals surface area contributed by atoms with Crippen molar-refractivity contribution in [2.45, 2.75) is 30.9 Å². The molecule has 210 valence electrons. The van der Waals surface area contributed by atoms with Gasteiger partial charge in [-0.25, -0.2) is 18.4 Å². The van der Waals surface area contributed by atoms with E-state index in [0.717, 1.165) is 13.2 Å². The average Bonchev–Trinajstić information content (AvgIpc) is 3.60. The molecular formula is C29H26ClF2NO7. The molecule has 0 radical (unpaired) electrons. The summed E-state index contributed by atoms with van der Waals surface area (Å²) in [6.07, 6.45) is -0.0294. The molecule has 2 atom stereocenters. The van der Waals surface area contributed by atoms with E-state index in [0.29, 0.717) is 30.5 Å². The van der Waals surface area contributed by atoms with E-state index in [2.05, 4.69) is 0 Å². The van der Waals surface area contributed by atoms with Crippen molar-refractivity contribution in [2.75, 3.05) is 26.9 Å². The van der Waals surface area contributed by atoms with Crippen molar-refractivity contribution in [3.8, 4) is 22.6 Å². The van der Waals surface area contributed by atoms with E-state index in [-0.39, 0.29) is 41.2 Å². The molecule has 0 bridgehead atoms. The number of benzene rings is 3. The van der Waals surface area contributed by atoms with Gasteiger partial charge in [0.15, 0.2) is 17.2 Å². The first kappa shape index (κ1) is 27.7. The van der Waals surface area contributed by atoms with Crippen LogP contribution in [-0.4, -0.2) is 60.1 Å². The molecule has 1 amide bonds. The van der Waals surface area contributed by atoms with Gasteiger partial charge in [-0.1, -0.05) is 41.9 Å². The van der Waals surface area contributed by atoms with Crippen LogP contribution in [0.1, 0.15) is 34.3 Å². The van der Waals surface area contributed by atoms with Gasteiger partial charge in [-0.3, -0.25) is 0 Å². The SMILES string of the molecule is COC(=O)c1ccc(OCCO)c(F)c1-c1c(Cl)c(F)cc2c1C[C@](c1ccccc1)(C1CCCN1C(=O)O)O2. The molecule has 1 unspecified atom stereocenters. The highest BCUT2D eigenvalue weighted by atomic mass is 35.5. The molecule has 2 aliphatic rings. The largest absolute Gasteiger partial charge is 0.488 e. The molecule has 1 fully saturated rings. The predicted molar refractivity (Wildman–Crippen MR) is 141 cm³/mol. The van der Waals surface area contributed by atoms with Crippen LogP contribution >= 0.6 is 11.6 Å². The smallest absolute Gasteiger partial charge is 0.407 e. The van der Waals surface area contributed by atoms with Gasteiger partial charge in [0.2, 0.25) is 0 Å². The minimum Gasteiger partial charge on any atom is -0.488 e. The maximum Gasteiger partial charge on any atom is 0.407 e. The van der Waals surface area contributed by atoms with Crippen molar-refractivity contribution in [3.63, 3.8) is 0 Å². The number of halogens is 3. The second-order valence-corrected chi connectivity index (χ2v) is 9.93. The van der Waals surface area contributed by atoms with Crippen molar-refractivity contribution in [3.05, 3.63) is 81.9 Å². The molecule has 0 aromatic heterocycles. The molecule has 0 aliphatic carbocycles. The van der Waals surface area contributed by atoms with E-state index in [1.165, 1.54) is 17.0 Å². The number of hydrogen-bond acceptors (Lipinski definition) is 6. The summed E-state index contributed by atoms with van der Waals surface area (Å²) in [7, 11) is 1.13. The van der Waals surface area contributed by atoms with Crippen LogP contribution in [0.4, 0.5) is 13.6 Å². The van der Waals surface area contributed by atoms with Gasteiger partial charge in [-0.2, -0.15) is 0 Å². The van der Waals surface area contributed by atoms with Crippen LogP contribution in [0.15, 0.2) is 48.5 Å². The lowest BCUT2D eigenvalue weighted by molar-refractivity contribution is 0.00693. The summed E-state index contributed by atoms with van der Waals surface area (Å²) in [6, 6.07) is 11.9. The quantitative estimate of drug-likeness (QED) is 0.364. The highest BCUT2D eigenvalue weighted by molar-refractivity contribution is 6.34. The van der Waals surface area contributed by atoms with E-state index >= 15 is 8.78 Å². The van der Waals surface area contributed by atoms with E-state index < -0.39 is 47.0 Å². The zero-order valence-corrected chi connectivity index (χ0v) is 22.2. The molecule has 3 aromatic rings. The van der Waals surface area contributed by atoms with Crippen LogP contribution in [0.2, 0.25) is 5.02 Å². The van der Waals surface area contributed by atoms with Gasteiger partial charge in [0.1, 0.15) is 18.2 Å². The third kappa shape index (κ3) is 4.50. The van der Waals surface area contributed by atoms with Gasteiger partial charge in [-0.05, 0) is 30.5 Å². The number of fused-ring (bicyclic) bond motifs is 1. The first-order chi connectivity index (χ1) is 19.2. The summed E-state index contributed by atoms with van der Waals surface area (Å²) >= 11 is 6.50. The maximum absolute atomic E-state index is 16.1. The van der Waals surface area contributed by atoms with Gasteiger partial charge >= 0.3 is 12.1 Å². The van der Waals surface area contributed by atoms with Gasteiger partial charge in [0, 0.05) is 35.7 Å². The third-order valence-corrected chi connectivity index (χ3v) is 7.80. The Kier molecular flexibility index (Phi) is 7.57. The first-order valence-electron chi connectivity index (χ1n) is 12.6. The molecule has 11 heteroatoms. The fourth-order valence-corrected chi connectivity index (χ4v) is 6.01. The number of methoxy groups -OCH3 is 1. The lowest BCUT2D eigenvalue weighted by Gasteiger charge is -2.39. The fourth-order valence-electron chi connectivity index (χ4n) is 5.75. The summed E-state index contributed by atoms with van der Waals surface area (Å²) in [5.74, 6) is -3.05. The molecule has 5 rings (SSSR count). The van der Waals surface area contributed by atoms with Crippen LogP contribution in [0.5, 0.6) is 11.5 Å². The summed E-state index contributed by atoms with van der Waals surface area (Å²) < 4.78 is 48.2. The van der Waals surface area contributed by atoms with Gasteiger partial charge in [0.25, 0.3) is 0 Å². The predicted octanol–water partition coefficient (Wildman–Crippen LogP) is 5.42. The lowest BCUT2D eigenvalue weighted by Crippen LogP contribution is -2.52. The Morgan fingerprint density at radius 1 is 1.18 bits per heavy atom. The topological polar surface area (TPSA) is 106 Å². The van der Waals surface area contributed by atoms with Crippen molar-refractivity contribution >= 4 is 23.7 Å². The van der Waals surface area contributed by atoms with Crippen LogP contribution in [-0.2, 0) is 16.8 Å². The number of likely N-dealkylation sites (tertiary alicyclic amines) is 1. The Bertz CT molecular complexity index is 1470. The van der Waals surface area contributed by atoms with Crippen LogP contribution in [0.3, 0.4) is 0 Å². The Morgan fingerprint density at radius 2 is 1.93 bits per heavy atom. The van der Waals surface area contributed by atoms with Crippen LogP contribution in [0, 0.1) is 11.6 Å². The van der Waals surface area contributed by atoms with Crippen molar-refractivity contribution in [1.29, 1.82) is 0 Å². The fraction of sp³-hybridized carbons (Fsp3) is 0.310. The summed E-state index contributed by atoms with van der Waals surface area (Å²) in [5.41, 5.74) is -1.02. The molecule has 2 aliphatic heterocycles. The highest BCUT2D eigenvalue weighted by Gasteiger charge is 2.54. The number of esters is 1. The standard InChI is InChI=1S/C29H26ClF2NO7/c1-38-27(35)17-9-10-20(39-13-12-34)26(32)24(17)23-18-15-29(16-6-3-2-4-7-16,22-8-5-11-33(22)28(36)37)40-21(18)14-19(31)25(23)30/h2-4,6-7,9-10,14,22,34H,5,8,11-13,15H2,1H3,(H,36,37)/t22?,29-/m0/s1. The van der Waals surface area contributed by atoms with Gasteiger partial charge in [-0.15, -0.1) is 0 Å². The molecule has 2 N–H and O–H groups in total. The number of aliphatic hydroxyl groups excluding tert-OH is 1.